The fourth-order valence-corrected chi connectivity index (χ4v) is 3.55. The van der Waals surface area contributed by atoms with Gasteiger partial charge in [-0.15, -0.1) is 0 Å². The highest BCUT2D eigenvalue weighted by Crippen LogP contribution is 2.34. The maximum absolute atomic E-state index is 12.7. The lowest BCUT2D eigenvalue weighted by Gasteiger charge is -2.34. The monoisotopic (exact) mass is 302 g/mol. The number of hydrogen-bond donors (Lipinski definition) is 1. The van der Waals surface area contributed by atoms with E-state index >= 15 is 0 Å². The van der Waals surface area contributed by atoms with Crippen LogP contribution in [-0.4, -0.2) is 53.6 Å². The molecule has 1 aromatic carbocycles. The van der Waals surface area contributed by atoms with E-state index in [0.29, 0.717) is 19.1 Å². The highest BCUT2D eigenvalue weighted by molar-refractivity contribution is 5.78. The number of nitrogens with zero attached hydrogens (tertiary/aromatic N) is 2. The molecule has 1 atom stereocenters. The van der Waals surface area contributed by atoms with E-state index in [-0.39, 0.29) is 18.6 Å². The van der Waals surface area contributed by atoms with Gasteiger partial charge in [-0.2, -0.15) is 0 Å². The Hall–Kier alpha value is -1.39. The van der Waals surface area contributed by atoms with E-state index in [1.165, 1.54) is 11.1 Å². The van der Waals surface area contributed by atoms with E-state index in [2.05, 4.69) is 29.2 Å². The van der Waals surface area contributed by atoms with Crippen molar-refractivity contribution < 1.29 is 9.90 Å². The van der Waals surface area contributed by atoms with Crippen molar-refractivity contribution >= 4 is 5.91 Å². The van der Waals surface area contributed by atoms with Gasteiger partial charge in [-0.1, -0.05) is 24.3 Å². The molecule has 0 aromatic heterocycles. The molecule has 3 rings (SSSR count). The summed E-state index contributed by atoms with van der Waals surface area (Å²) in [4.78, 5) is 16.7. The smallest absolute Gasteiger partial charge is 0.237 e. The van der Waals surface area contributed by atoms with E-state index in [0.717, 1.165) is 32.1 Å². The molecule has 2 aliphatic carbocycles. The van der Waals surface area contributed by atoms with Crippen LogP contribution in [0.1, 0.15) is 42.9 Å². The molecule has 0 bridgehead atoms. The number of fused-ring (bicyclic) bond motifs is 1. The number of aliphatic hydroxyl groups is 1. The summed E-state index contributed by atoms with van der Waals surface area (Å²) in [7, 11) is 1.93. The number of carbonyl (C=O) groups is 1. The van der Waals surface area contributed by atoms with Crippen LogP contribution in [0.25, 0.3) is 0 Å². The van der Waals surface area contributed by atoms with Crippen LogP contribution in [0.3, 0.4) is 0 Å². The Labute approximate surface area is 132 Å². The van der Waals surface area contributed by atoms with Crippen LogP contribution in [0.2, 0.25) is 0 Å². The molecule has 1 fully saturated rings. The van der Waals surface area contributed by atoms with Gasteiger partial charge in [0, 0.05) is 19.6 Å². The van der Waals surface area contributed by atoms with Crippen LogP contribution >= 0.6 is 0 Å². The van der Waals surface area contributed by atoms with E-state index in [1.54, 1.807) is 0 Å². The number of likely N-dealkylation sites (N-methyl/N-ethyl adjacent to an activating group) is 1. The first kappa shape index (κ1) is 15.5. The first-order chi connectivity index (χ1) is 10.7. The fourth-order valence-electron chi connectivity index (χ4n) is 3.55. The van der Waals surface area contributed by atoms with Crippen LogP contribution in [0.15, 0.2) is 24.3 Å². The van der Waals surface area contributed by atoms with Crippen molar-refractivity contribution in [2.45, 2.75) is 44.2 Å². The average molecular weight is 302 g/mol. The van der Waals surface area contributed by atoms with Crippen molar-refractivity contribution in [3.05, 3.63) is 35.4 Å². The van der Waals surface area contributed by atoms with Crippen LogP contribution in [-0.2, 0) is 11.2 Å². The number of benzene rings is 1. The Bertz CT molecular complexity index is 528. The molecule has 2 aliphatic rings. The molecule has 0 radical (unpaired) electrons. The molecule has 1 N–H and O–H groups in total. The van der Waals surface area contributed by atoms with E-state index in [1.807, 2.05) is 11.9 Å². The number of aliphatic hydroxyl groups excluding tert-OH is 1. The van der Waals surface area contributed by atoms with Gasteiger partial charge in [-0.05, 0) is 43.2 Å². The summed E-state index contributed by atoms with van der Waals surface area (Å²) >= 11 is 0. The zero-order valence-electron chi connectivity index (χ0n) is 13.4. The van der Waals surface area contributed by atoms with E-state index < -0.39 is 0 Å². The van der Waals surface area contributed by atoms with Gasteiger partial charge >= 0.3 is 0 Å². The molecule has 0 saturated heterocycles. The van der Waals surface area contributed by atoms with Crippen molar-refractivity contribution in [1.29, 1.82) is 0 Å². The largest absolute Gasteiger partial charge is 0.395 e. The summed E-state index contributed by atoms with van der Waals surface area (Å²) in [5, 5.41) is 9.18. The normalized spacial score (nSPS) is 20.8. The lowest BCUT2D eigenvalue weighted by molar-refractivity contribution is -0.133. The third-order valence-electron chi connectivity index (χ3n) is 4.99. The second-order valence-corrected chi connectivity index (χ2v) is 6.54. The third-order valence-corrected chi connectivity index (χ3v) is 4.99. The van der Waals surface area contributed by atoms with E-state index in [4.69, 9.17) is 0 Å². The SMILES string of the molecule is CN(C(=O)CN(CCO)C1CC1)C1CCCc2ccccc21. The minimum atomic E-state index is 0.125. The quantitative estimate of drug-likeness (QED) is 0.874. The van der Waals surface area contributed by atoms with Gasteiger partial charge in [0.1, 0.15) is 0 Å². The topological polar surface area (TPSA) is 43.8 Å². The number of amides is 1. The molecule has 120 valence electrons. The second-order valence-electron chi connectivity index (χ2n) is 6.54. The molecule has 0 heterocycles. The van der Waals surface area contributed by atoms with Crippen LogP contribution in [0.4, 0.5) is 0 Å². The van der Waals surface area contributed by atoms with Gasteiger partial charge in [0.25, 0.3) is 0 Å². The predicted molar refractivity (Wildman–Crippen MR) is 86.6 cm³/mol. The molecule has 1 saturated carbocycles. The summed E-state index contributed by atoms with van der Waals surface area (Å²) < 4.78 is 0. The van der Waals surface area contributed by atoms with Crippen molar-refractivity contribution in [2.75, 3.05) is 26.7 Å². The lowest BCUT2D eigenvalue weighted by Crippen LogP contribution is -2.42. The van der Waals surface area contributed by atoms with Gasteiger partial charge in [0.15, 0.2) is 0 Å². The molecule has 0 aliphatic heterocycles. The van der Waals surface area contributed by atoms with Crippen LogP contribution in [0.5, 0.6) is 0 Å². The summed E-state index contributed by atoms with van der Waals surface area (Å²) in [6.07, 6.45) is 5.62. The molecule has 22 heavy (non-hydrogen) atoms. The van der Waals surface area contributed by atoms with Crippen molar-refractivity contribution in [2.24, 2.45) is 0 Å². The third kappa shape index (κ3) is 3.33. The van der Waals surface area contributed by atoms with Crippen molar-refractivity contribution in [3.8, 4) is 0 Å². The average Bonchev–Trinajstić information content (AvgIpc) is 3.38. The summed E-state index contributed by atoms with van der Waals surface area (Å²) in [6.45, 7) is 1.16. The molecular weight excluding hydrogens is 276 g/mol. The number of aryl methyl sites for hydroxylation is 1. The standard InChI is InChI=1S/C18H26N2O2/c1-19(18(22)13-20(11-12-21)15-9-10-15)17-8-4-6-14-5-2-3-7-16(14)17/h2-3,5,7,15,17,21H,4,6,8-13H2,1H3. The highest BCUT2D eigenvalue weighted by atomic mass is 16.3. The van der Waals surface area contributed by atoms with Crippen LogP contribution in [0, 0.1) is 0 Å². The number of rotatable bonds is 6. The van der Waals surface area contributed by atoms with Gasteiger partial charge in [0.05, 0.1) is 19.2 Å². The fraction of sp³-hybridized carbons (Fsp3) is 0.611. The molecular formula is C18H26N2O2. The zero-order valence-corrected chi connectivity index (χ0v) is 13.4. The summed E-state index contributed by atoms with van der Waals surface area (Å²) in [6, 6.07) is 9.20. The molecule has 0 spiro atoms. The predicted octanol–water partition coefficient (Wildman–Crippen LogP) is 1.98. The lowest BCUT2D eigenvalue weighted by atomic mass is 9.87. The first-order valence-corrected chi connectivity index (χ1v) is 8.39. The Kier molecular flexibility index (Phi) is 4.79. The number of hydrogen-bond acceptors (Lipinski definition) is 3. The molecule has 1 aromatic rings. The molecule has 4 nitrogen and oxygen atoms in total. The highest BCUT2D eigenvalue weighted by Gasteiger charge is 2.32. The van der Waals surface area contributed by atoms with Crippen LogP contribution < -0.4 is 0 Å². The minimum Gasteiger partial charge on any atom is -0.395 e. The van der Waals surface area contributed by atoms with Crippen molar-refractivity contribution in [3.63, 3.8) is 0 Å². The maximum Gasteiger partial charge on any atom is 0.237 e. The zero-order chi connectivity index (χ0) is 15.5. The summed E-state index contributed by atoms with van der Waals surface area (Å²) in [5.74, 6) is 0.169. The van der Waals surface area contributed by atoms with Gasteiger partial charge in [-0.3, -0.25) is 9.69 Å². The Morgan fingerprint density at radius 3 is 2.77 bits per heavy atom. The summed E-state index contributed by atoms with van der Waals surface area (Å²) in [5.41, 5.74) is 2.69. The van der Waals surface area contributed by atoms with Gasteiger partial charge in [0.2, 0.25) is 5.91 Å². The molecule has 1 amide bonds. The second kappa shape index (κ2) is 6.80. The Balaban J connectivity index is 1.68. The Morgan fingerprint density at radius 1 is 1.27 bits per heavy atom. The van der Waals surface area contributed by atoms with Crippen molar-refractivity contribution in [1.82, 2.24) is 9.80 Å². The minimum absolute atomic E-state index is 0.125. The molecule has 4 heteroatoms. The van der Waals surface area contributed by atoms with Gasteiger partial charge in [-0.25, -0.2) is 0 Å². The van der Waals surface area contributed by atoms with E-state index in [9.17, 15) is 9.90 Å². The number of carbonyl (C=O) groups excluding carboxylic acids is 1. The molecule has 1 unspecified atom stereocenters. The Morgan fingerprint density at radius 2 is 2.05 bits per heavy atom. The maximum atomic E-state index is 12.7. The first-order valence-electron chi connectivity index (χ1n) is 8.39. The van der Waals surface area contributed by atoms with Gasteiger partial charge < -0.3 is 10.0 Å².